The zero-order valence-corrected chi connectivity index (χ0v) is 15.2. The second-order valence-corrected chi connectivity index (χ2v) is 4.88. The summed E-state index contributed by atoms with van der Waals surface area (Å²) in [6.07, 6.45) is 5.02. The fourth-order valence-corrected chi connectivity index (χ4v) is 2.06. The average molecular weight is 328 g/mol. The van der Waals surface area contributed by atoms with Crippen LogP contribution < -0.4 is 0 Å². The van der Waals surface area contributed by atoms with Crippen molar-refractivity contribution in [2.24, 2.45) is 0 Å². The number of aldehydes is 1. The van der Waals surface area contributed by atoms with Crippen LogP contribution in [-0.4, -0.2) is 45.3 Å². The van der Waals surface area contributed by atoms with Crippen LogP contribution in [0.15, 0.2) is 23.3 Å². The Morgan fingerprint density at radius 3 is 1.65 bits per heavy atom. The van der Waals surface area contributed by atoms with Gasteiger partial charge in [-0.1, -0.05) is 11.6 Å². The first kappa shape index (κ1) is 22.0. The van der Waals surface area contributed by atoms with Crippen LogP contribution in [0.1, 0.15) is 47.5 Å². The lowest BCUT2D eigenvalue weighted by Gasteiger charge is -2.27. The van der Waals surface area contributed by atoms with Crippen molar-refractivity contribution in [2.75, 3.05) is 26.4 Å². The molecule has 0 fully saturated rings. The first-order valence-electron chi connectivity index (χ1n) is 8.41. The molecule has 0 aliphatic carbocycles. The lowest BCUT2D eigenvalue weighted by atomic mass is 10.1. The number of carbonyl (C=O) groups is 1. The van der Waals surface area contributed by atoms with Gasteiger partial charge in [-0.3, -0.25) is 4.79 Å². The molecule has 0 aliphatic rings. The van der Waals surface area contributed by atoms with Crippen molar-refractivity contribution in [3.8, 4) is 0 Å². The maximum atomic E-state index is 10.5. The van der Waals surface area contributed by atoms with Crippen LogP contribution in [0.2, 0.25) is 0 Å². The van der Waals surface area contributed by atoms with Crippen LogP contribution in [0.3, 0.4) is 0 Å². The lowest BCUT2D eigenvalue weighted by molar-refractivity contribution is -0.165. The second kappa shape index (κ2) is 14.6. The SMILES string of the molecule is CCOC(OCC)C(=CCC/C(C)=C/C=O)C(OCC)OCC. The summed E-state index contributed by atoms with van der Waals surface area (Å²) in [5.41, 5.74) is 1.88. The number of hydrogen-bond donors (Lipinski definition) is 0. The van der Waals surface area contributed by atoms with Gasteiger partial charge >= 0.3 is 0 Å². The molecule has 0 unspecified atom stereocenters. The van der Waals surface area contributed by atoms with Gasteiger partial charge in [-0.25, -0.2) is 0 Å². The number of ether oxygens (including phenoxy) is 4. The zero-order chi connectivity index (χ0) is 17.5. The molecule has 0 spiro atoms. The Bertz CT molecular complexity index is 332. The van der Waals surface area contributed by atoms with E-state index >= 15 is 0 Å². The normalized spacial score (nSPS) is 12.0. The summed E-state index contributed by atoms with van der Waals surface area (Å²) in [6, 6.07) is 0. The smallest absolute Gasteiger partial charge is 0.184 e. The molecule has 0 aromatic carbocycles. The van der Waals surface area contributed by atoms with Gasteiger partial charge in [0, 0.05) is 32.0 Å². The van der Waals surface area contributed by atoms with Gasteiger partial charge in [0.15, 0.2) is 12.6 Å². The van der Waals surface area contributed by atoms with Crippen LogP contribution >= 0.6 is 0 Å². The molecule has 0 bridgehead atoms. The van der Waals surface area contributed by atoms with E-state index in [0.29, 0.717) is 26.4 Å². The quantitative estimate of drug-likeness (QED) is 0.211. The molecule has 0 rings (SSSR count). The molecule has 0 heterocycles. The highest BCUT2D eigenvalue weighted by molar-refractivity contribution is 5.65. The molecule has 5 nitrogen and oxygen atoms in total. The summed E-state index contributed by atoms with van der Waals surface area (Å²) >= 11 is 0. The molecule has 0 radical (unpaired) electrons. The van der Waals surface area contributed by atoms with E-state index in [-0.39, 0.29) is 0 Å². The summed E-state index contributed by atoms with van der Waals surface area (Å²) in [6.45, 7) is 11.8. The van der Waals surface area contributed by atoms with Crippen LogP contribution in [0.25, 0.3) is 0 Å². The average Bonchev–Trinajstić information content (AvgIpc) is 2.52. The van der Waals surface area contributed by atoms with Crippen LogP contribution in [0.4, 0.5) is 0 Å². The minimum absolute atomic E-state index is 0.483. The first-order valence-corrected chi connectivity index (χ1v) is 8.41. The van der Waals surface area contributed by atoms with Crippen LogP contribution in [-0.2, 0) is 23.7 Å². The highest BCUT2D eigenvalue weighted by atomic mass is 16.7. The van der Waals surface area contributed by atoms with Crippen molar-refractivity contribution >= 4 is 6.29 Å². The Morgan fingerprint density at radius 1 is 0.870 bits per heavy atom. The topological polar surface area (TPSA) is 54.0 Å². The van der Waals surface area contributed by atoms with E-state index in [1.807, 2.05) is 40.7 Å². The van der Waals surface area contributed by atoms with Gasteiger partial charge in [-0.15, -0.1) is 0 Å². The molecule has 5 heteroatoms. The van der Waals surface area contributed by atoms with Gasteiger partial charge in [-0.05, 0) is 53.5 Å². The van der Waals surface area contributed by atoms with Gasteiger partial charge in [-0.2, -0.15) is 0 Å². The first-order chi connectivity index (χ1) is 11.1. The van der Waals surface area contributed by atoms with E-state index in [9.17, 15) is 4.79 Å². The Labute approximate surface area is 140 Å². The predicted octanol–water partition coefficient (Wildman–Crippen LogP) is 3.64. The molecular weight excluding hydrogens is 296 g/mol. The van der Waals surface area contributed by atoms with Crippen molar-refractivity contribution < 1.29 is 23.7 Å². The molecule has 134 valence electrons. The molecule has 0 aliphatic heterocycles. The molecule has 0 amide bonds. The Balaban J connectivity index is 5.20. The molecule has 0 aromatic heterocycles. The Hall–Kier alpha value is -1.01. The van der Waals surface area contributed by atoms with Crippen molar-refractivity contribution in [3.63, 3.8) is 0 Å². The molecule has 23 heavy (non-hydrogen) atoms. The van der Waals surface area contributed by atoms with Crippen molar-refractivity contribution in [1.29, 1.82) is 0 Å². The highest BCUT2D eigenvalue weighted by Gasteiger charge is 2.24. The number of hydrogen-bond acceptors (Lipinski definition) is 5. The minimum Gasteiger partial charge on any atom is -0.349 e. The van der Waals surface area contributed by atoms with Crippen molar-refractivity contribution in [3.05, 3.63) is 23.3 Å². The Kier molecular flexibility index (Phi) is 13.9. The van der Waals surface area contributed by atoms with Gasteiger partial charge in [0.1, 0.15) is 6.29 Å². The number of rotatable bonds is 14. The lowest BCUT2D eigenvalue weighted by Crippen LogP contribution is -2.31. The van der Waals surface area contributed by atoms with E-state index in [4.69, 9.17) is 18.9 Å². The summed E-state index contributed by atoms with van der Waals surface area (Å²) in [5, 5.41) is 0. The summed E-state index contributed by atoms with van der Waals surface area (Å²) < 4.78 is 22.8. The zero-order valence-electron chi connectivity index (χ0n) is 15.2. The van der Waals surface area contributed by atoms with E-state index in [1.165, 1.54) is 0 Å². The third kappa shape index (κ3) is 9.66. The minimum atomic E-state index is -0.483. The largest absolute Gasteiger partial charge is 0.349 e. The summed E-state index contributed by atoms with van der Waals surface area (Å²) in [7, 11) is 0. The molecule has 0 atom stereocenters. The van der Waals surface area contributed by atoms with Gasteiger partial charge < -0.3 is 18.9 Å². The standard InChI is InChI=1S/C18H32O5/c1-6-20-17(21-7-2)16(18(22-8-3)23-9-4)12-10-11-15(5)13-14-19/h12-14,17-18H,6-11H2,1-5H3/b15-13+. The van der Waals surface area contributed by atoms with Crippen molar-refractivity contribution in [2.45, 2.75) is 60.0 Å². The number of allylic oxidation sites excluding steroid dienone is 3. The van der Waals surface area contributed by atoms with E-state index in [2.05, 4.69) is 0 Å². The fourth-order valence-electron chi connectivity index (χ4n) is 2.06. The molecule has 0 N–H and O–H groups in total. The van der Waals surface area contributed by atoms with Crippen LogP contribution in [0.5, 0.6) is 0 Å². The van der Waals surface area contributed by atoms with E-state index in [1.54, 1.807) is 6.08 Å². The van der Waals surface area contributed by atoms with Crippen LogP contribution in [0, 0.1) is 0 Å². The van der Waals surface area contributed by atoms with Crippen molar-refractivity contribution in [1.82, 2.24) is 0 Å². The molecule has 0 saturated heterocycles. The van der Waals surface area contributed by atoms with E-state index in [0.717, 1.165) is 30.3 Å². The molecule has 0 aromatic rings. The second-order valence-electron chi connectivity index (χ2n) is 4.88. The maximum absolute atomic E-state index is 10.5. The van der Waals surface area contributed by atoms with E-state index < -0.39 is 12.6 Å². The highest BCUT2D eigenvalue weighted by Crippen LogP contribution is 2.20. The monoisotopic (exact) mass is 328 g/mol. The fraction of sp³-hybridized carbons (Fsp3) is 0.722. The van der Waals surface area contributed by atoms with Gasteiger partial charge in [0.05, 0.1) is 0 Å². The summed E-state index contributed by atoms with van der Waals surface area (Å²) in [4.78, 5) is 10.5. The number of carbonyl (C=O) groups excluding carboxylic acids is 1. The molecular formula is C18H32O5. The molecule has 0 saturated carbocycles. The summed E-state index contributed by atoms with van der Waals surface area (Å²) in [5.74, 6) is 0. The third-order valence-corrected chi connectivity index (χ3v) is 3.09. The predicted molar refractivity (Wildman–Crippen MR) is 91.2 cm³/mol. The van der Waals surface area contributed by atoms with Gasteiger partial charge in [0.25, 0.3) is 0 Å². The Morgan fingerprint density at radius 2 is 1.30 bits per heavy atom. The van der Waals surface area contributed by atoms with Gasteiger partial charge in [0.2, 0.25) is 0 Å². The third-order valence-electron chi connectivity index (χ3n) is 3.09. The maximum Gasteiger partial charge on any atom is 0.184 e.